The van der Waals surface area contributed by atoms with E-state index in [2.05, 4.69) is 20.9 Å². The van der Waals surface area contributed by atoms with Crippen molar-refractivity contribution in [3.63, 3.8) is 0 Å². The van der Waals surface area contributed by atoms with Crippen LogP contribution in [0.3, 0.4) is 0 Å². The second-order valence-electron chi connectivity index (χ2n) is 3.67. The van der Waals surface area contributed by atoms with E-state index in [-0.39, 0.29) is 6.10 Å². The first-order valence-corrected chi connectivity index (χ1v) is 6.60. The summed E-state index contributed by atoms with van der Waals surface area (Å²) in [6.07, 6.45) is 1.40. The molecule has 1 aromatic heterocycles. The fraction of sp³-hybridized carbons (Fsp3) is 0.154. The number of rotatable bonds is 4. The number of hydrogen-bond donors (Lipinski definition) is 1. The van der Waals surface area contributed by atoms with Crippen LogP contribution in [-0.4, -0.2) is 11.5 Å². The maximum atomic E-state index is 6.08. The molecule has 94 valence electrons. The molecule has 0 fully saturated rings. The van der Waals surface area contributed by atoms with Gasteiger partial charge in [0.15, 0.2) is 6.10 Å². The topological polar surface area (TPSA) is 48.1 Å². The minimum atomic E-state index is -0.307. The van der Waals surface area contributed by atoms with Crippen molar-refractivity contribution in [2.45, 2.75) is 6.10 Å². The Balaban J connectivity index is 2.23. The van der Waals surface area contributed by atoms with Gasteiger partial charge >= 0.3 is 0 Å². The zero-order chi connectivity index (χ0) is 13.0. The Kier molecular flexibility index (Phi) is 4.58. The maximum absolute atomic E-state index is 6.08. The molecule has 5 heteroatoms. The van der Waals surface area contributed by atoms with E-state index in [1.54, 1.807) is 12.3 Å². The molecule has 0 saturated carbocycles. The minimum Gasteiger partial charge on any atom is -0.481 e. The summed E-state index contributed by atoms with van der Waals surface area (Å²) >= 11 is 9.46. The van der Waals surface area contributed by atoms with Crippen molar-refractivity contribution in [3.8, 4) is 5.75 Å². The second-order valence-corrected chi connectivity index (χ2v) is 4.99. The van der Waals surface area contributed by atoms with Crippen LogP contribution in [-0.2, 0) is 0 Å². The summed E-state index contributed by atoms with van der Waals surface area (Å²) < 4.78 is 6.71. The van der Waals surface area contributed by atoms with E-state index < -0.39 is 0 Å². The van der Waals surface area contributed by atoms with Gasteiger partial charge in [-0.05, 0) is 30.3 Å². The van der Waals surface area contributed by atoms with Crippen LogP contribution in [0.5, 0.6) is 5.75 Å². The number of halogens is 2. The largest absolute Gasteiger partial charge is 0.481 e. The molecule has 0 aliphatic heterocycles. The number of nitrogens with zero attached hydrogens (tertiary/aromatic N) is 1. The van der Waals surface area contributed by atoms with Crippen molar-refractivity contribution in [1.82, 2.24) is 4.98 Å². The van der Waals surface area contributed by atoms with Gasteiger partial charge in [0.1, 0.15) is 5.75 Å². The first kappa shape index (κ1) is 13.3. The van der Waals surface area contributed by atoms with E-state index in [0.717, 1.165) is 10.2 Å². The van der Waals surface area contributed by atoms with Crippen LogP contribution in [0.1, 0.15) is 11.8 Å². The molecule has 1 atom stereocenters. The van der Waals surface area contributed by atoms with Crippen LogP contribution in [0.25, 0.3) is 0 Å². The van der Waals surface area contributed by atoms with Crippen LogP contribution in [0.15, 0.2) is 47.1 Å². The third-order valence-electron chi connectivity index (χ3n) is 2.39. The minimum absolute atomic E-state index is 0.307. The summed E-state index contributed by atoms with van der Waals surface area (Å²) in [4.78, 5) is 4.24. The number of ether oxygens (including phenoxy) is 1. The Morgan fingerprint density at radius 2 is 2.17 bits per heavy atom. The van der Waals surface area contributed by atoms with Crippen molar-refractivity contribution in [2.75, 3.05) is 6.54 Å². The van der Waals surface area contributed by atoms with Crippen LogP contribution in [0.4, 0.5) is 0 Å². The highest BCUT2D eigenvalue weighted by Crippen LogP contribution is 2.31. The van der Waals surface area contributed by atoms with Crippen LogP contribution < -0.4 is 10.5 Å². The van der Waals surface area contributed by atoms with Crippen LogP contribution in [0.2, 0.25) is 5.02 Å². The summed E-state index contributed by atoms with van der Waals surface area (Å²) in [6, 6.07) is 11.1. The summed E-state index contributed by atoms with van der Waals surface area (Å²) in [7, 11) is 0. The Hall–Kier alpha value is -1.10. The average Bonchev–Trinajstić information content (AvgIpc) is 2.41. The van der Waals surface area contributed by atoms with Gasteiger partial charge in [0.05, 0.1) is 10.7 Å². The van der Waals surface area contributed by atoms with E-state index in [0.29, 0.717) is 17.3 Å². The number of nitrogens with two attached hydrogens (primary N) is 1. The first-order valence-electron chi connectivity index (χ1n) is 5.43. The van der Waals surface area contributed by atoms with Crippen molar-refractivity contribution in [2.24, 2.45) is 5.73 Å². The fourth-order valence-corrected chi connectivity index (χ4v) is 2.02. The number of pyridine rings is 1. The lowest BCUT2D eigenvalue weighted by atomic mass is 10.2. The van der Waals surface area contributed by atoms with Crippen molar-refractivity contribution in [1.29, 1.82) is 0 Å². The van der Waals surface area contributed by atoms with Gasteiger partial charge in [0.2, 0.25) is 0 Å². The molecule has 0 aliphatic rings. The highest BCUT2D eigenvalue weighted by Gasteiger charge is 2.14. The summed E-state index contributed by atoms with van der Waals surface area (Å²) in [5, 5.41) is 0.549. The van der Waals surface area contributed by atoms with Gasteiger partial charge < -0.3 is 10.5 Å². The lowest BCUT2D eigenvalue weighted by Gasteiger charge is -2.17. The molecular weight excluding hydrogens is 316 g/mol. The molecule has 0 radical (unpaired) electrons. The number of aromatic nitrogens is 1. The molecule has 0 bridgehead atoms. The molecular formula is C13H12BrClN2O. The lowest BCUT2D eigenvalue weighted by Crippen LogP contribution is -2.19. The third-order valence-corrected chi connectivity index (χ3v) is 3.20. The SMILES string of the molecule is NCC(Oc1cc(Br)ccc1Cl)c1ccccn1. The highest BCUT2D eigenvalue weighted by atomic mass is 79.9. The van der Waals surface area contributed by atoms with Gasteiger partial charge in [0.25, 0.3) is 0 Å². The van der Waals surface area contributed by atoms with Gasteiger partial charge in [-0.2, -0.15) is 0 Å². The lowest BCUT2D eigenvalue weighted by molar-refractivity contribution is 0.209. The zero-order valence-electron chi connectivity index (χ0n) is 9.51. The first-order chi connectivity index (χ1) is 8.70. The van der Waals surface area contributed by atoms with Gasteiger partial charge in [-0.3, -0.25) is 4.98 Å². The molecule has 2 rings (SSSR count). The Labute approximate surface area is 119 Å². The molecule has 1 heterocycles. The molecule has 18 heavy (non-hydrogen) atoms. The van der Waals surface area contributed by atoms with Crippen LogP contribution in [0, 0.1) is 0 Å². The number of benzene rings is 1. The molecule has 3 nitrogen and oxygen atoms in total. The monoisotopic (exact) mass is 326 g/mol. The van der Waals surface area contributed by atoms with E-state index in [4.69, 9.17) is 22.1 Å². The van der Waals surface area contributed by atoms with E-state index in [1.807, 2.05) is 30.3 Å². The van der Waals surface area contributed by atoms with Gasteiger partial charge in [0, 0.05) is 17.2 Å². The molecule has 0 spiro atoms. The summed E-state index contributed by atoms with van der Waals surface area (Å²) in [6.45, 7) is 0.333. The van der Waals surface area contributed by atoms with Gasteiger partial charge in [-0.15, -0.1) is 0 Å². The smallest absolute Gasteiger partial charge is 0.153 e. The van der Waals surface area contributed by atoms with Gasteiger partial charge in [-0.25, -0.2) is 0 Å². The van der Waals surface area contributed by atoms with E-state index in [9.17, 15) is 0 Å². The van der Waals surface area contributed by atoms with Gasteiger partial charge in [-0.1, -0.05) is 33.6 Å². The fourth-order valence-electron chi connectivity index (χ4n) is 1.52. The summed E-state index contributed by atoms with van der Waals surface area (Å²) in [5.41, 5.74) is 6.51. The average molecular weight is 328 g/mol. The molecule has 2 aromatic rings. The van der Waals surface area contributed by atoms with Crippen LogP contribution >= 0.6 is 27.5 Å². The Morgan fingerprint density at radius 1 is 1.33 bits per heavy atom. The molecule has 0 amide bonds. The standard InChI is InChI=1S/C13H12BrClN2O/c14-9-4-5-10(15)12(7-9)18-13(8-16)11-3-1-2-6-17-11/h1-7,13H,8,16H2. The Morgan fingerprint density at radius 3 is 2.83 bits per heavy atom. The predicted octanol–water partition coefficient (Wildman–Crippen LogP) is 3.58. The molecule has 1 aromatic carbocycles. The van der Waals surface area contributed by atoms with Crippen molar-refractivity contribution < 1.29 is 4.74 Å². The van der Waals surface area contributed by atoms with Crippen molar-refractivity contribution >= 4 is 27.5 Å². The molecule has 2 N–H and O–H groups in total. The van der Waals surface area contributed by atoms with Crippen molar-refractivity contribution in [3.05, 3.63) is 57.8 Å². The zero-order valence-corrected chi connectivity index (χ0v) is 11.9. The molecule has 1 unspecified atom stereocenters. The maximum Gasteiger partial charge on any atom is 0.153 e. The molecule has 0 saturated heterocycles. The predicted molar refractivity (Wildman–Crippen MR) is 75.8 cm³/mol. The summed E-state index contributed by atoms with van der Waals surface area (Å²) in [5.74, 6) is 0.590. The molecule has 0 aliphatic carbocycles. The second kappa shape index (κ2) is 6.18. The normalized spacial score (nSPS) is 12.2. The Bertz CT molecular complexity index is 522. The highest BCUT2D eigenvalue weighted by molar-refractivity contribution is 9.10. The van der Waals surface area contributed by atoms with E-state index >= 15 is 0 Å². The third kappa shape index (κ3) is 3.22. The quantitative estimate of drug-likeness (QED) is 0.934. The van der Waals surface area contributed by atoms with E-state index in [1.165, 1.54) is 0 Å². The number of hydrogen-bond acceptors (Lipinski definition) is 3.